The highest BCUT2D eigenvalue weighted by molar-refractivity contribution is 5.73. The number of amides is 2. The summed E-state index contributed by atoms with van der Waals surface area (Å²) in [7, 11) is 0. The van der Waals surface area contributed by atoms with Gasteiger partial charge in [0, 0.05) is 18.5 Å². The Morgan fingerprint density at radius 2 is 2.08 bits per heavy atom. The molecule has 0 radical (unpaired) electrons. The van der Waals surface area contributed by atoms with Crippen molar-refractivity contribution in [1.82, 2.24) is 15.8 Å². The van der Waals surface area contributed by atoms with Crippen LogP contribution in [0.3, 0.4) is 0 Å². The standard InChI is InChI=1S/C18H21N3O3/c22-18(20-11-15-9-16(21-24-15)13-4-5-13)19-10-12-3-6-17-14(8-12)2-1-7-23-17/h3,6,8-9,13H,1-2,4-5,7,10-11H2,(H2,19,20,22). The number of nitrogens with zero attached hydrogens (tertiary/aromatic N) is 1. The van der Waals surface area contributed by atoms with Gasteiger partial charge in [-0.05, 0) is 42.9 Å². The highest BCUT2D eigenvalue weighted by Crippen LogP contribution is 2.39. The molecule has 4 rings (SSSR count). The first-order valence-electron chi connectivity index (χ1n) is 8.50. The van der Waals surface area contributed by atoms with Crippen LogP contribution in [-0.2, 0) is 19.5 Å². The van der Waals surface area contributed by atoms with Crippen LogP contribution in [0.2, 0.25) is 0 Å². The molecule has 0 spiro atoms. The first-order chi connectivity index (χ1) is 11.8. The van der Waals surface area contributed by atoms with Crippen LogP contribution in [0.5, 0.6) is 5.75 Å². The van der Waals surface area contributed by atoms with Crippen molar-refractivity contribution in [3.8, 4) is 5.75 Å². The SMILES string of the molecule is O=C(NCc1ccc2c(c1)CCCO2)NCc1cc(C2CC2)no1. The van der Waals surface area contributed by atoms with Crippen molar-refractivity contribution in [1.29, 1.82) is 0 Å². The number of carbonyl (C=O) groups is 1. The molecule has 2 aromatic rings. The lowest BCUT2D eigenvalue weighted by molar-refractivity contribution is 0.238. The first kappa shape index (κ1) is 15.1. The molecule has 2 N–H and O–H groups in total. The summed E-state index contributed by atoms with van der Waals surface area (Å²) in [6.45, 7) is 1.63. The van der Waals surface area contributed by atoms with Gasteiger partial charge in [-0.15, -0.1) is 0 Å². The highest BCUT2D eigenvalue weighted by Gasteiger charge is 2.27. The van der Waals surface area contributed by atoms with Crippen LogP contribution in [0, 0.1) is 0 Å². The molecule has 0 atom stereocenters. The molecule has 6 nitrogen and oxygen atoms in total. The smallest absolute Gasteiger partial charge is 0.315 e. The predicted molar refractivity (Wildman–Crippen MR) is 87.8 cm³/mol. The molecular formula is C18H21N3O3. The van der Waals surface area contributed by atoms with Crippen molar-refractivity contribution in [2.24, 2.45) is 0 Å². The lowest BCUT2D eigenvalue weighted by atomic mass is 10.0. The van der Waals surface area contributed by atoms with Crippen molar-refractivity contribution < 1.29 is 14.1 Å². The van der Waals surface area contributed by atoms with Gasteiger partial charge in [0.1, 0.15) is 5.75 Å². The maximum absolute atomic E-state index is 11.9. The second-order valence-corrected chi connectivity index (χ2v) is 6.42. The van der Waals surface area contributed by atoms with E-state index in [2.05, 4.69) is 21.9 Å². The molecule has 2 aliphatic rings. The zero-order valence-corrected chi connectivity index (χ0v) is 13.5. The van der Waals surface area contributed by atoms with E-state index < -0.39 is 0 Å². The molecule has 1 saturated carbocycles. The molecule has 2 heterocycles. The van der Waals surface area contributed by atoms with Crippen molar-refractivity contribution in [3.63, 3.8) is 0 Å². The number of nitrogens with one attached hydrogen (secondary N) is 2. The summed E-state index contributed by atoms with van der Waals surface area (Å²) in [5, 5.41) is 9.69. The second-order valence-electron chi connectivity index (χ2n) is 6.42. The van der Waals surface area contributed by atoms with Gasteiger partial charge in [-0.2, -0.15) is 0 Å². The zero-order valence-electron chi connectivity index (χ0n) is 13.5. The minimum atomic E-state index is -0.214. The molecule has 0 bridgehead atoms. The van der Waals surface area contributed by atoms with Gasteiger partial charge < -0.3 is 19.9 Å². The van der Waals surface area contributed by atoms with E-state index in [1.54, 1.807) is 0 Å². The van der Waals surface area contributed by atoms with Crippen LogP contribution in [0.4, 0.5) is 4.79 Å². The summed E-state index contributed by atoms with van der Waals surface area (Å²) in [4.78, 5) is 11.9. The zero-order chi connectivity index (χ0) is 16.4. The lowest BCUT2D eigenvalue weighted by Gasteiger charge is -2.18. The van der Waals surface area contributed by atoms with Crippen molar-refractivity contribution in [3.05, 3.63) is 46.8 Å². The topological polar surface area (TPSA) is 76.4 Å². The third-order valence-electron chi connectivity index (χ3n) is 4.42. The van der Waals surface area contributed by atoms with Gasteiger partial charge in [0.2, 0.25) is 0 Å². The molecule has 1 aromatic carbocycles. The van der Waals surface area contributed by atoms with E-state index in [0.717, 1.165) is 36.5 Å². The maximum atomic E-state index is 11.9. The molecule has 1 aliphatic heterocycles. The first-order valence-corrected chi connectivity index (χ1v) is 8.50. The quantitative estimate of drug-likeness (QED) is 0.885. The maximum Gasteiger partial charge on any atom is 0.315 e. The number of urea groups is 1. The number of carbonyl (C=O) groups excluding carboxylic acids is 1. The number of fused-ring (bicyclic) bond motifs is 1. The van der Waals surface area contributed by atoms with Crippen molar-refractivity contribution in [2.45, 2.75) is 44.7 Å². The number of benzene rings is 1. The summed E-state index contributed by atoms with van der Waals surface area (Å²) >= 11 is 0. The third kappa shape index (κ3) is 3.53. The Hall–Kier alpha value is -2.50. The second kappa shape index (κ2) is 6.55. The molecule has 24 heavy (non-hydrogen) atoms. The summed E-state index contributed by atoms with van der Waals surface area (Å²) in [5.41, 5.74) is 3.30. The number of hydrogen-bond donors (Lipinski definition) is 2. The molecule has 126 valence electrons. The Balaban J connectivity index is 1.25. The fourth-order valence-corrected chi connectivity index (χ4v) is 2.92. The van der Waals surface area contributed by atoms with E-state index in [1.807, 2.05) is 18.2 Å². The van der Waals surface area contributed by atoms with E-state index in [4.69, 9.17) is 9.26 Å². The van der Waals surface area contributed by atoms with E-state index in [9.17, 15) is 4.79 Å². The average molecular weight is 327 g/mol. The largest absolute Gasteiger partial charge is 0.493 e. The Morgan fingerprint density at radius 3 is 2.96 bits per heavy atom. The molecule has 0 unspecified atom stereocenters. The average Bonchev–Trinajstić information content (AvgIpc) is 3.36. The Labute approximate surface area is 140 Å². The molecule has 1 fully saturated rings. The molecule has 6 heteroatoms. The van der Waals surface area contributed by atoms with Gasteiger partial charge >= 0.3 is 6.03 Å². The van der Waals surface area contributed by atoms with Gasteiger partial charge in [-0.3, -0.25) is 0 Å². The number of rotatable bonds is 5. The summed E-state index contributed by atoms with van der Waals surface area (Å²) in [6, 6.07) is 7.79. The summed E-state index contributed by atoms with van der Waals surface area (Å²) in [5.74, 6) is 2.22. The van der Waals surface area contributed by atoms with Gasteiger partial charge in [0.15, 0.2) is 5.76 Å². The normalized spacial score (nSPS) is 16.2. The number of hydrogen-bond acceptors (Lipinski definition) is 4. The number of ether oxygens (including phenoxy) is 1. The van der Waals surface area contributed by atoms with Gasteiger partial charge in [-0.1, -0.05) is 17.3 Å². The van der Waals surface area contributed by atoms with Crippen LogP contribution >= 0.6 is 0 Å². The molecule has 1 aliphatic carbocycles. The number of aryl methyl sites for hydroxylation is 1. The Morgan fingerprint density at radius 1 is 1.21 bits per heavy atom. The van der Waals surface area contributed by atoms with Crippen LogP contribution in [-0.4, -0.2) is 17.8 Å². The third-order valence-corrected chi connectivity index (χ3v) is 4.42. The number of aromatic nitrogens is 1. The van der Waals surface area contributed by atoms with Gasteiger partial charge in [-0.25, -0.2) is 4.79 Å². The minimum Gasteiger partial charge on any atom is -0.493 e. The fraction of sp³-hybridized carbons (Fsp3) is 0.444. The summed E-state index contributed by atoms with van der Waals surface area (Å²) in [6.07, 6.45) is 4.45. The van der Waals surface area contributed by atoms with Crippen LogP contribution in [0.1, 0.15) is 47.8 Å². The Kier molecular flexibility index (Phi) is 4.11. The van der Waals surface area contributed by atoms with Gasteiger partial charge in [0.25, 0.3) is 0 Å². The van der Waals surface area contributed by atoms with Crippen LogP contribution in [0.15, 0.2) is 28.8 Å². The van der Waals surface area contributed by atoms with Crippen LogP contribution < -0.4 is 15.4 Å². The summed E-state index contributed by atoms with van der Waals surface area (Å²) < 4.78 is 10.8. The molecule has 2 amide bonds. The van der Waals surface area contributed by atoms with Gasteiger partial charge in [0.05, 0.1) is 18.8 Å². The van der Waals surface area contributed by atoms with Crippen molar-refractivity contribution in [2.75, 3.05) is 6.61 Å². The Bertz CT molecular complexity index is 737. The van der Waals surface area contributed by atoms with E-state index in [-0.39, 0.29) is 6.03 Å². The minimum absolute atomic E-state index is 0.214. The molecule has 1 aromatic heterocycles. The van der Waals surface area contributed by atoms with Crippen LogP contribution in [0.25, 0.3) is 0 Å². The predicted octanol–water partition coefficient (Wildman–Crippen LogP) is 2.88. The fourth-order valence-electron chi connectivity index (χ4n) is 2.92. The van der Waals surface area contributed by atoms with Crippen molar-refractivity contribution >= 4 is 6.03 Å². The monoisotopic (exact) mass is 327 g/mol. The highest BCUT2D eigenvalue weighted by atomic mass is 16.5. The van der Waals surface area contributed by atoms with E-state index in [1.165, 1.54) is 18.4 Å². The molecule has 0 saturated heterocycles. The molecular weight excluding hydrogens is 306 g/mol. The lowest BCUT2D eigenvalue weighted by Crippen LogP contribution is -2.34. The van der Waals surface area contributed by atoms with E-state index >= 15 is 0 Å². The van der Waals surface area contributed by atoms with E-state index in [0.29, 0.717) is 24.8 Å².